The van der Waals surface area contributed by atoms with Crippen molar-refractivity contribution in [1.29, 1.82) is 0 Å². The second-order valence-corrected chi connectivity index (χ2v) is 15.5. The Bertz CT molecular complexity index is 646. The lowest BCUT2D eigenvalue weighted by Gasteiger charge is -2.43. The van der Waals surface area contributed by atoms with E-state index in [1.807, 2.05) is 0 Å². The number of rotatable bonds is 5. The molecule has 44 heavy (non-hydrogen) atoms. The van der Waals surface area contributed by atoms with Gasteiger partial charge in [-0.15, -0.1) is 0 Å². The van der Waals surface area contributed by atoms with Crippen LogP contribution in [-0.4, -0.2) is 73.1 Å². The van der Waals surface area contributed by atoms with Crippen LogP contribution in [-0.2, 0) is 4.79 Å². The molecule has 0 aromatic heterocycles. The molecule has 0 bridgehead atoms. The zero-order valence-electron chi connectivity index (χ0n) is 29.9. The van der Waals surface area contributed by atoms with Crippen LogP contribution in [0.5, 0.6) is 0 Å². The van der Waals surface area contributed by atoms with Crippen LogP contribution in [0.4, 0.5) is 0 Å². The summed E-state index contributed by atoms with van der Waals surface area (Å²) in [7, 11) is 0. The summed E-state index contributed by atoms with van der Waals surface area (Å²) in [4.78, 5) is 13.6. The van der Waals surface area contributed by atoms with E-state index in [0.29, 0.717) is 5.78 Å². The monoisotopic (exact) mass is 617 g/mol. The third-order valence-electron chi connectivity index (χ3n) is 11.9. The first-order valence-corrected chi connectivity index (χ1v) is 20.6. The van der Waals surface area contributed by atoms with Gasteiger partial charge in [0.1, 0.15) is 5.78 Å². The maximum absolute atomic E-state index is 10.8. The summed E-state index contributed by atoms with van der Waals surface area (Å²) in [6, 6.07) is 1.99. The zero-order chi connectivity index (χ0) is 31.0. The van der Waals surface area contributed by atoms with E-state index in [2.05, 4.69) is 17.1 Å². The summed E-state index contributed by atoms with van der Waals surface area (Å²) < 4.78 is 1.52. The van der Waals surface area contributed by atoms with Crippen LogP contribution in [0.1, 0.15) is 193 Å². The summed E-state index contributed by atoms with van der Waals surface area (Å²) in [6.45, 7) is 12.1. The fourth-order valence-corrected chi connectivity index (χ4v) is 9.02. The van der Waals surface area contributed by atoms with E-state index in [-0.39, 0.29) is 0 Å². The van der Waals surface area contributed by atoms with Gasteiger partial charge in [0.15, 0.2) is 0 Å². The first kappa shape index (κ1) is 38.0. The fourth-order valence-electron chi connectivity index (χ4n) is 9.02. The van der Waals surface area contributed by atoms with Crippen LogP contribution in [0, 0.1) is 0 Å². The molecule has 0 aromatic rings. The molecule has 0 aromatic carbocycles. The highest BCUT2D eigenvalue weighted by Gasteiger charge is 2.38. The molecule has 0 atom stereocenters. The van der Waals surface area contributed by atoms with Gasteiger partial charge in [0.05, 0.1) is 25.7 Å². The third kappa shape index (κ3) is 15.9. The predicted octanol–water partition coefficient (Wildman–Crippen LogP) is 10.4. The molecular weight excluding hydrogens is 538 g/mol. The summed E-state index contributed by atoms with van der Waals surface area (Å²) >= 11 is 0. The van der Waals surface area contributed by atoms with Gasteiger partial charge >= 0.3 is 0 Å². The van der Waals surface area contributed by atoms with Gasteiger partial charge < -0.3 is 14.7 Å². The number of Topliss-reactive ketones (excluding diaryl/α,β-unsaturated/α-hetero) is 1. The molecule has 6 aliphatic rings. The Kier molecular flexibility index (Phi) is 21.3. The van der Waals surface area contributed by atoms with Crippen molar-refractivity contribution >= 4 is 5.78 Å². The van der Waals surface area contributed by atoms with E-state index in [0.717, 1.165) is 37.8 Å². The molecular formula is C40H78N3O+. The maximum Gasteiger partial charge on any atom is 0.132 e. The van der Waals surface area contributed by atoms with Crippen LogP contribution >= 0.6 is 0 Å². The lowest BCUT2D eigenvalue weighted by atomic mass is 9.93. The first-order valence-electron chi connectivity index (χ1n) is 20.6. The topological polar surface area (TPSA) is 32.3 Å². The highest BCUT2D eigenvalue weighted by molar-refractivity contribution is 5.78. The lowest BCUT2D eigenvalue weighted by Crippen LogP contribution is -2.54. The summed E-state index contributed by atoms with van der Waals surface area (Å²) in [5.74, 6) is 0.481. The Labute approximate surface area is 275 Å². The van der Waals surface area contributed by atoms with E-state index in [9.17, 15) is 4.79 Å². The fraction of sp³-hybridized carbons (Fsp3) is 0.975. The number of likely N-dealkylation sites (tertiary alicyclic amines) is 2. The van der Waals surface area contributed by atoms with E-state index in [1.165, 1.54) is 211 Å². The van der Waals surface area contributed by atoms with Crippen molar-refractivity contribution < 1.29 is 9.28 Å². The molecule has 6 rings (SSSR count). The minimum absolute atomic E-state index is 0.481. The number of nitrogens with one attached hydrogen (secondary N) is 1. The molecule has 4 heteroatoms. The molecule has 3 aliphatic carbocycles. The van der Waals surface area contributed by atoms with Gasteiger partial charge in [-0.1, -0.05) is 84.0 Å². The third-order valence-corrected chi connectivity index (χ3v) is 11.9. The Balaban J connectivity index is 0.000000173. The van der Waals surface area contributed by atoms with Crippen LogP contribution < -0.4 is 5.32 Å². The molecule has 3 aliphatic heterocycles. The van der Waals surface area contributed by atoms with E-state index in [4.69, 9.17) is 0 Å². The number of ketones is 1. The maximum atomic E-state index is 10.8. The van der Waals surface area contributed by atoms with Crippen LogP contribution in [0.15, 0.2) is 0 Å². The van der Waals surface area contributed by atoms with Gasteiger partial charge in [0, 0.05) is 31.7 Å². The van der Waals surface area contributed by atoms with Crippen molar-refractivity contribution in [3.8, 4) is 0 Å². The molecule has 0 unspecified atom stereocenters. The standard InChI is InChI=1S/C16H32N.C12H23N.C8H14O.C4H9N/c1-2-3-13-17(14-9-10-15-17)16-11-7-5-4-6-8-12-16;1-2-4-8-12(9-5-3-1)13-10-6-7-11-13;9-8-6-4-2-1-3-5-7-8;1-2-4-5-3-1/h16H,2-15H2,1H3;12H,1-11H2;1-7H2;5H,1-4H2/q+1;;;. The van der Waals surface area contributed by atoms with Gasteiger partial charge in [-0.05, 0) is 110 Å². The smallest absolute Gasteiger partial charge is 0.132 e. The van der Waals surface area contributed by atoms with Gasteiger partial charge in [-0.2, -0.15) is 0 Å². The summed E-state index contributed by atoms with van der Waals surface area (Å²) in [6.07, 6.45) is 40.4. The molecule has 0 radical (unpaired) electrons. The Morgan fingerprint density at radius 1 is 0.591 bits per heavy atom. The number of carbonyl (C=O) groups excluding carboxylic acids is 1. The minimum atomic E-state index is 0.481. The molecule has 4 nitrogen and oxygen atoms in total. The second kappa shape index (κ2) is 24.7. The molecule has 1 N–H and O–H groups in total. The van der Waals surface area contributed by atoms with E-state index >= 15 is 0 Å². The molecule has 258 valence electrons. The summed E-state index contributed by atoms with van der Waals surface area (Å²) in [5.41, 5.74) is 0. The van der Waals surface area contributed by atoms with Crippen molar-refractivity contribution in [3.05, 3.63) is 0 Å². The van der Waals surface area contributed by atoms with Crippen LogP contribution in [0.3, 0.4) is 0 Å². The molecule has 3 heterocycles. The molecule has 3 saturated carbocycles. The zero-order valence-corrected chi connectivity index (χ0v) is 29.9. The first-order chi connectivity index (χ1) is 21.7. The van der Waals surface area contributed by atoms with Crippen LogP contribution in [0.25, 0.3) is 0 Å². The number of hydrogen-bond donors (Lipinski definition) is 1. The van der Waals surface area contributed by atoms with Gasteiger partial charge in [-0.25, -0.2) is 0 Å². The number of unbranched alkanes of at least 4 members (excludes halogenated alkanes) is 1. The van der Waals surface area contributed by atoms with E-state index in [1.54, 1.807) is 0 Å². The largest absolute Gasteiger partial charge is 0.321 e. The second-order valence-electron chi connectivity index (χ2n) is 15.5. The van der Waals surface area contributed by atoms with Gasteiger partial charge in [0.25, 0.3) is 0 Å². The Hall–Kier alpha value is -0.450. The number of nitrogens with zero attached hydrogens (tertiary/aromatic N) is 2. The van der Waals surface area contributed by atoms with Crippen molar-refractivity contribution in [2.24, 2.45) is 0 Å². The van der Waals surface area contributed by atoms with Crippen molar-refractivity contribution in [1.82, 2.24) is 10.2 Å². The average molecular weight is 617 g/mol. The Morgan fingerprint density at radius 3 is 1.55 bits per heavy atom. The van der Waals surface area contributed by atoms with Gasteiger partial charge in [-0.3, -0.25) is 4.79 Å². The minimum Gasteiger partial charge on any atom is -0.321 e. The Morgan fingerprint density at radius 2 is 1.07 bits per heavy atom. The SMILES string of the molecule is C1CCCC(N2CCCC2)CCC1.C1CCNC1.CCCC[N+]1(C2CCCCCCC2)CCCC1.O=C1CCCCCCC1. The van der Waals surface area contributed by atoms with Crippen molar-refractivity contribution in [2.75, 3.05) is 45.8 Å². The molecule has 0 amide bonds. The molecule has 6 fully saturated rings. The summed E-state index contributed by atoms with van der Waals surface area (Å²) in [5, 5.41) is 3.22. The average Bonchev–Trinajstić information content (AvgIpc) is 3.80. The van der Waals surface area contributed by atoms with Crippen molar-refractivity contribution in [2.45, 2.75) is 205 Å². The highest BCUT2D eigenvalue weighted by atomic mass is 16.1. The highest BCUT2D eigenvalue weighted by Crippen LogP contribution is 2.32. The van der Waals surface area contributed by atoms with Gasteiger partial charge in [0.2, 0.25) is 0 Å². The number of hydrogen-bond acceptors (Lipinski definition) is 3. The number of carbonyl (C=O) groups is 1. The van der Waals surface area contributed by atoms with E-state index < -0.39 is 0 Å². The quantitative estimate of drug-likeness (QED) is 0.312. The molecule has 0 spiro atoms. The normalized spacial score (nSPS) is 26.2. The lowest BCUT2D eigenvalue weighted by molar-refractivity contribution is -0.941. The van der Waals surface area contributed by atoms with Crippen molar-refractivity contribution in [3.63, 3.8) is 0 Å². The molecule has 3 saturated heterocycles. The number of quaternary nitrogens is 1. The predicted molar refractivity (Wildman–Crippen MR) is 191 cm³/mol. The van der Waals surface area contributed by atoms with Crippen LogP contribution in [0.2, 0.25) is 0 Å².